The van der Waals surface area contributed by atoms with Gasteiger partial charge in [0.1, 0.15) is 35.2 Å². The van der Waals surface area contributed by atoms with Crippen LogP contribution in [0.4, 0.5) is 19.6 Å². The van der Waals surface area contributed by atoms with Crippen molar-refractivity contribution in [2.45, 2.75) is 12.2 Å². The number of likely N-dealkylation sites (N-methyl/N-ethyl adjacent to an activating group) is 1. The van der Waals surface area contributed by atoms with E-state index in [-0.39, 0.29) is 60.5 Å². The van der Waals surface area contributed by atoms with Crippen molar-refractivity contribution in [3.63, 3.8) is 0 Å². The van der Waals surface area contributed by atoms with Crippen molar-refractivity contribution in [2.75, 3.05) is 64.1 Å². The van der Waals surface area contributed by atoms with Gasteiger partial charge >= 0.3 is 0 Å². The molecule has 0 saturated carbocycles. The lowest BCUT2D eigenvalue weighted by atomic mass is 9.99. The number of halogens is 3. The summed E-state index contributed by atoms with van der Waals surface area (Å²) in [4.78, 5) is 26.6. The van der Waals surface area contributed by atoms with Crippen molar-refractivity contribution in [1.29, 1.82) is 5.26 Å². The molecule has 0 bridgehead atoms. The fourth-order valence-corrected chi connectivity index (χ4v) is 6.99. The molecule has 0 aliphatic carbocycles. The van der Waals surface area contributed by atoms with E-state index in [2.05, 4.69) is 22.6 Å². The van der Waals surface area contributed by atoms with Gasteiger partial charge in [0, 0.05) is 62.9 Å². The summed E-state index contributed by atoms with van der Waals surface area (Å²) in [6, 6.07) is 6.40. The number of aromatic nitrogens is 2. The van der Waals surface area contributed by atoms with E-state index in [1.807, 2.05) is 16.8 Å². The molecular formula is C30H28ClF2N7O3S. The number of thiazole rings is 1. The maximum Gasteiger partial charge on any atom is 0.246 e. The van der Waals surface area contributed by atoms with Gasteiger partial charge in [-0.05, 0) is 31.3 Å². The SMILES string of the molecule is C=CC(=O)N1CCN(c2c(C#N)c(O[C@@H]3CN(C)C[C@H]3OC)nc3c(F)c(-c4ccc(F)c5sc(N)nc45)c(Cl)cc23)CC1. The number of rotatable bonds is 6. The number of hydrogen-bond donors (Lipinski definition) is 1. The minimum absolute atomic E-state index is 0.0208. The Morgan fingerprint density at radius 1 is 1.20 bits per heavy atom. The summed E-state index contributed by atoms with van der Waals surface area (Å²) >= 11 is 7.73. The lowest BCUT2D eigenvalue weighted by Gasteiger charge is -2.37. The van der Waals surface area contributed by atoms with E-state index >= 15 is 4.39 Å². The van der Waals surface area contributed by atoms with E-state index in [4.69, 9.17) is 26.8 Å². The van der Waals surface area contributed by atoms with Gasteiger partial charge in [-0.2, -0.15) is 5.26 Å². The normalized spacial score (nSPS) is 19.1. The van der Waals surface area contributed by atoms with Crippen LogP contribution in [0.2, 0.25) is 5.02 Å². The van der Waals surface area contributed by atoms with Gasteiger partial charge in [0.15, 0.2) is 10.9 Å². The molecule has 4 aromatic rings. The largest absolute Gasteiger partial charge is 0.469 e. The number of carbonyl (C=O) groups is 1. The highest BCUT2D eigenvalue weighted by atomic mass is 35.5. The van der Waals surface area contributed by atoms with Gasteiger partial charge in [-0.3, -0.25) is 9.69 Å². The molecule has 2 aromatic heterocycles. The number of pyridine rings is 1. The number of piperazine rings is 1. The molecule has 4 heterocycles. The molecule has 6 rings (SSSR count). The molecule has 2 aliphatic rings. The maximum absolute atomic E-state index is 16.8. The van der Waals surface area contributed by atoms with Gasteiger partial charge in [0.25, 0.3) is 0 Å². The number of carbonyl (C=O) groups excluding carboxylic acids is 1. The Kier molecular flexibility index (Phi) is 8.02. The van der Waals surface area contributed by atoms with E-state index in [0.29, 0.717) is 50.3 Å². The molecular weight excluding hydrogens is 612 g/mol. The van der Waals surface area contributed by atoms with Gasteiger partial charge in [-0.1, -0.05) is 29.5 Å². The third kappa shape index (κ3) is 5.07. The molecule has 2 atom stereocenters. The lowest BCUT2D eigenvalue weighted by Crippen LogP contribution is -2.48. The third-order valence-corrected chi connectivity index (χ3v) is 9.24. The fraction of sp³-hybridized carbons (Fsp3) is 0.333. The van der Waals surface area contributed by atoms with Gasteiger partial charge in [-0.25, -0.2) is 18.7 Å². The highest BCUT2D eigenvalue weighted by Gasteiger charge is 2.35. The quantitative estimate of drug-likeness (QED) is 0.305. The van der Waals surface area contributed by atoms with E-state index in [9.17, 15) is 14.4 Å². The Hall–Kier alpha value is -4.09. The fourth-order valence-electron chi connectivity index (χ4n) is 5.93. The molecule has 0 radical (unpaired) electrons. The minimum atomic E-state index is -0.783. The summed E-state index contributed by atoms with van der Waals surface area (Å²) in [5, 5.41) is 10.9. The number of ether oxygens (including phenoxy) is 2. The predicted octanol–water partition coefficient (Wildman–Crippen LogP) is 4.44. The van der Waals surface area contributed by atoms with Crippen LogP contribution in [0.5, 0.6) is 5.88 Å². The maximum atomic E-state index is 16.8. The van der Waals surface area contributed by atoms with Crippen LogP contribution in [0.3, 0.4) is 0 Å². The number of anilines is 2. The second kappa shape index (κ2) is 11.8. The number of nitrogen functional groups attached to an aromatic ring is 1. The number of likely N-dealkylation sites (tertiary alicyclic amines) is 1. The topological polar surface area (TPSA) is 121 Å². The summed E-state index contributed by atoms with van der Waals surface area (Å²) in [5.41, 5.74) is 6.71. The lowest BCUT2D eigenvalue weighted by molar-refractivity contribution is -0.126. The zero-order valence-corrected chi connectivity index (χ0v) is 25.5. The van der Waals surface area contributed by atoms with Crippen molar-refractivity contribution in [2.24, 2.45) is 0 Å². The molecule has 2 fully saturated rings. The number of amides is 1. The Morgan fingerprint density at radius 3 is 2.61 bits per heavy atom. The summed E-state index contributed by atoms with van der Waals surface area (Å²) in [6.45, 7) is 6.12. The van der Waals surface area contributed by atoms with Crippen LogP contribution in [0.1, 0.15) is 5.56 Å². The second-order valence-corrected chi connectivity index (χ2v) is 12.1. The van der Waals surface area contributed by atoms with Crippen LogP contribution in [-0.4, -0.2) is 91.3 Å². The van der Waals surface area contributed by atoms with Crippen LogP contribution in [0.15, 0.2) is 30.9 Å². The van der Waals surface area contributed by atoms with Gasteiger partial charge in [-0.15, -0.1) is 0 Å². The molecule has 2 aliphatic heterocycles. The molecule has 0 unspecified atom stereocenters. The Bertz CT molecular complexity index is 1850. The molecule has 2 N–H and O–H groups in total. The second-order valence-electron chi connectivity index (χ2n) is 10.7. The summed E-state index contributed by atoms with van der Waals surface area (Å²) in [7, 11) is 3.50. The average Bonchev–Trinajstić information content (AvgIpc) is 3.59. The number of hydrogen-bond acceptors (Lipinski definition) is 10. The summed E-state index contributed by atoms with van der Waals surface area (Å²) in [5.74, 6) is -1.56. The Morgan fingerprint density at radius 2 is 1.93 bits per heavy atom. The number of nitrogens with two attached hydrogens (primary N) is 1. The van der Waals surface area contributed by atoms with E-state index in [1.165, 1.54) is 18.2 Å². The van der Waals surface area contributed by atoms with E-state index in [1.54, 1.807) is 18.1 Å². The van der Waals surface area contributed by atoms with Crippen molar-refractivity contribution >= 4 is 60.8 Å². The van der Waals surface area contributed by atoms with Crippen LogP contribution in [0.25, 0.3) is 32.2 Å². The average molecular weight is 640 g/mol. The summed E-state index contributed by atoms with van der Waals surface area (Å²) in [6.07, 6.45) is 0.490. The number of fused-ring (bicyclic) bond motifs is 2. The van der Waals surface area contributed by atoms with Crippen molar-refractivity contribution in [3.05, 3.63) is 53.1 Å². The number of benzene rings is 2. The van der Waals surface area contributed by atoms with Gasteiger partial charge in [0.05, 0.1) is 20.9 Å². The van der Waals surface area contributed by atoms with Gasteiger partial charge in [0.2, 0.25) is 11.8 Å². The first kappa shape index (κ1) is 30.0. The zero-order valence-electron chi connectivity index (χ0n) is 23.9. The first-order valence-corrected chi connectivity index (χ1v) is 15.0. The Labute approximate surface area is 260 Å². The molecule has 14 heteroatoms. The molecule has 0 spiro atoms. The number of nitriles is 1. The summed E-state index contributed by atoms with van der Waals surface area (Å²) < 4.78 is 43.5. The van der Waals surface area contributed by atoms with Crippen molar-refractivity contribution < 1.29 is 23.0 Å². The standard InChI is InChI=1S/C30H28ClF2N7O3S/c1-4-22(41)39-7-9-40(10-8-39)27-16-11-18(31)23(15-5-6-19(32)28-26(15)37-30(35)44-28)24(33)25(16)36-29(17(27)12-34)43-21-14-38(2)13-20(21)42-3/h4-6,11,20-21H,1,7-10,13-14H2,2-3H3,(H2,35,37)/t20-,21-/m1/s1. The van der Waals surface area contributed by atoms with E-state index < -0.39 is 17.7 Å². The third-order valence-electron chi connectivity index (χ3n) is 8.05. The first-order valence-electron chi connectivity index (χ1n) is 13.8. The van der Waals surface area contributed by atoms with Crippen LogP contribution in [0, 0.1) is 23.0 Å². The van der Waals surface area contributed by atoms with Gasteiger partial charge < -0.3 is 25.0 Å². The molecule has 44 heavy (non-hydrogen) atoms. The highest BCUT2D eigenvalue weighted by Crippen LogP contribution is 2.45. The molecule has 1 amide bonds. The molecule has 10 nitrogen and oxygen atoms in total. The molecule has 2 aromatic carbocycles. The Balaban J connectivity index is 1.56. The molecule has 2 saturated heterocycles. The minimum Gasteiger partial charge on any atom is -0.469 e. The first-order chi connectivity index (χ1) is 21.1. The highest BCUT2D eigenvalue weighted by molar-refractivity contribution is 7.22. The van der Waals surface area contributed by atoms with Crippen molar-refractivity contribution in [1.82, 2.24) is 19.8 Å². The monoisotopic (exact) mass is 639 g/mol. The van der Waals surface area contributed by atoms with Crippen LogP contribution in [-0.2, 0) is 9.53 Å². The smallest absolute Gasteiger partial charge is 0.246 e. The number of nitrogens with zero attached hydrogens (tertiary/aromatic N) is 6. The van der Waals surface area contributed by atoms with Crippen LogP contribution < -0.4 is 15.4 Å². The number of methoxy groups -OCH3 is 1. The van der Waals surface area contributed by atoms with E-state index in [0.717, 1.165) is 11.3 Å². The van der Waals surface area contributed by atoms with Crippen molar-refractivity contribution in [3.8, 4) is 23.1 Å². The predicted molar refractivity (Wildman–Crippen MR) is 166 cm³/mol. The molecule has 228 valence electrons. The van der Waals surface area contributed by atoms with Crippen LogP contribution >= 0.6 is 22.9 Å². The zero-order chi connectivity index (χ0) is 31.3.